The van der Waals surface area contributed by atoms with Gasteiger partial charge < -0.3 is 4.90 Å². The van der Waals surface area contributed by atoms with Gasteiger partial charge in [0.15, 0.2) is 0 Å². The molecule has 1 aliphatic rings. The van der Waals surface area contributed by atoms with Gasteiger partial charge in [0.1, 0.15) is 4.83 Å². The van der Waals surface area contributed by atoms with Crippen molar-refractivity contribution in [3.05, 3.63) is 56.7 Å². The maximum absolute atomic E-state index is 12.9. The molecular formula is C19H21N3OS. The smallest absolute Gasteiger partial charge is 0.263 e. The number of anilines is 1. The SMILES string of the molecule is CN(Cc1ccccc1)c1nc2sc3c(c2c(=O)n1C)CCCC3. The van der Waals surface area contributed by atoms with Crippen LogP contribution in [-0.4, -0.2) is 16.6 Å². The van der Waals surface area contributed by atoms with Crippen LogP contribution in [0.2, 0.25) is 0 Å². The Bertz CT molecular complexity index is 943. The zero-order chi connectivity index (χ0) is 16.7. The summed E-state index contributed by atoms with van der Waals surface area (Å²) >= 11 is 1.71. The van der Waals surface area contributed by atoms with Crippen molar-refractivity contribution < 1.29 is 0 Å². The molecule has 0 saturated carbocycles. The molecule has 24 heavy (non-hydrogen) atoms. The number of fused-ring (bicyclic) bond motifs is 3. The van der Waals surface area contributed by atoms with Gasteiger partial charge in [-0.15, -0.1) is 11.3 Å². The molecule has 3 aromatic rings. The van der Waals surface area contributed by atoms with Gasteiger partial charge in [-0.25, -0.2) is 4.98 Å². The summed E-state index contributed by atoms with van der Waals surface area (Å²) in [7, 11) is 3.83. The molecule has 0 saturated heterocycles. The molecule has 1 aromatic carbocycles. The third-order valence-electron chi connectivity index (χ3n) is 4.78. The Morgan fingerprint density at radius 1 is 1.21 bits per heavy atom. The average molecular weight is 339 g/mol. The van der Waals surface area contributed by atoms with Crippen LogP contribution >= 0.6 is 11.3 Å². The largest absolute Gasteiger partial charge is 0.341 e. The van der Waals surface area contributed by atoms with E-state index in [9.17, 15) is 4.79 Å². The Balaban J connectivity index is 1.79. The van der Waals surface area contributed by atoms with Crippen molar-refractivity contribution in [1.29, 1.82) is 0 Å². The summed E-state index contributed by atoms with van der Waals surface area (Å²) in [6.07, 6.45) is 4.51. The summed E-state index contributed by atoms with van der Waals surface area (Å²) < 4.78 is 1.70. The van der Waals surface area contributed by atoms with Crippen LogP contribution in [0.1, 0.15) is 28.8 Å². The molecular weight excluding hydrogens is 318 g/mol. The van der Waals surface area contributed by atoms with Crippen LogP contribution in [0, 0.1) is 0 Å². The number of hydrogen-bond donors (Lipinski definition) is 0. The summed E-state index contributed by atoms with van der Waals surface area (Å²) in [5.41, 5.74) is 2.56. The highest BCUT2D eigenvalue weighted by atomic mass is 32.1. The van der Waals surface area contributed by atoms with Gasteiger partial charge in [-0.1, -0.05) is 30.3 Å². The molecule has 0 aliphatic heterocycles. The number of benzene rings is 1. The van der Waals surface area contributed by atoms with Crippen LogP contribution < -0.4 is 10.5 Å². The van der Waals surface area contributed by atoms with Crippen molar-refractivity contribution in [3.8, 4) is 0 Å². The quantitative estimate of drug-likeness (QED) is 0.733. The van der Waals surface area contributed by atoms with E-state index >= 15 is 0 Å². The van der Waals surface area contributed by atoms with Gasteiger partial charge in [-0.2, -0.15) is 0 Å². The van der Waals surface area contributed by atoms with E-state index in [0.717, 1.165) is 35.6 Å². The molecule has 0 N–H and O–H groups in total. The van der Waals surface area contributed by atoms with E-state index < -0.39 is 0 Å². The molecule has 2 heterocycles. The molecule has 1 aliphatic carbocycles. The first kappa shape index (κ1) is 15.4. The molecule has 4 rings (SSSR count). The van der Waals surface area contributed by atoms with Gasteiger partial charge in [0, 0.05) is 25.5 Å². The molecule has 0 bridgehead atoms. The lowest BCUT2D eigenvalue weighted by atomic mass is 9.97. The second kappa shape index (κ2) is 6.06. The molecule has 5 heteroatoms. The van der Waals surface area contributed by atoms with Crippen molar-refractivity contribution in [2.75, 3.05) is 11.9 Å². The fraction of sp³-hybridized carbons (Fsp3) is 0.368. The second-order valence-electron chi connectivity index (χ2n) is 6.51. The van der Waals surface area contributed by atoms with Crippen LogP contribution in [0.5, 0.6) is 0 Å². The highest BCUT2D eigenvalue weighted by molar-refractivity contribution is 7.18. The lowest BCUT2D eigenvalue weighted by molar-refractivity contribution is 0.698. The molecule has 2 aromatic heterocycles. The topological polar surface area (TPSA) is 38.1 Å². The maximum atomic E-state index is 12.9. The minimum absolute atomic E-state index is 0.0920. The summed E-state index contributed by atoms with van der Waals surface area (Å²) in [5, 5.41) is 0.856. The van der Waals surface area contributed by atoms with Gasteiger partial charge in [0.25, 0.3) is 5.56 Å². The first-order chi connectivity index (χ1) is 11.6. The Morgan fingerprint density at radius 3 is 2.75 bits per heavy atom. The van der Waals surface area contributed by atoms with Crippen LogP contribution in [0.25, 0.3) is 10.2 Å². The van der Waals surface area contributed by atoms with E-state index in [4.69, 9.17) is 4.98 Å². The third kappa shape index (κ3) is 2.53. The lowest BCUT2D eigenvalue weighted by Crippen LogP contribution is -2.28. The number of nitrogens with zero attached hydrogens (tertiary/aromatic N) is 3. The average Bonchev–Trinajstić information content (AvgIpc) is 2.97. The Labute approximate surface area is 145 Å². The normalized spacial score (nSPS) is 13.9. The van der Waals surface area contributed by atoms with Gasteiger partial charge in [0.2, 0.25) is 5.95 Å². The summed E-state index contributed by atoms with van der Waals surface area (Å²) in [4.78, 5) is 22.1. The van der Waals surface area contributed by atoms with Crippen molar-refractivity contribution in [2.45, 2.75) is 32.2 Å². The molecule has 0 spiro atoms. The summed E-state index contributed by atoms with van der Waals surface area (Å²) in [6.45, 7) is 0.734. The van der Waals surface area contributed by atoms with Crippen molar-refractivity contribution in [1.82, 2.24) is 9.55 Å². The number of aryl methyl sites for hydroxylation is 2. The van der Waals surface area contributed by atoms with E-state index in [-0.39, 0.29) is 5.56 Å². The second-order valence-corrected chi connectivity index (χ2v) is 7.59. The monoisotopic (exact) mass is 339 g/mol. The first-order valence-electron chi connectivity index (χ1n) is 8.41. The third-order valence-corrected chi connectivity index (χ3v) is 5.96. The molecule has 0 amide bonds. The van der Waals surface area contributed by atoms with Crippen LogP contribution in [-0.2, 0) is 26.4 Å². The van der Waals surface area contributed by atoms with Crippen molar-refractivity contribution in [2.24, 2.45) is 7.05 Å². The Kier molecular flexibility index (Phi) is 3.88. The van der Waals surface area contributed by atoms with E-state index in [1.54, 1.807) is 15.9 Å². The van der Waals surface area contributed by atoms with Crippen LogP contribution in [0.15, 0.2) is 35.1 Å². The zero-order valence-corrected chi connectivity index (χ0v) is 14.9. The van der Waals surface area contributed by atoms with Crippen molar-refractivity contribution in [3.63, 3.8) is 0 Å². The maximum Gasteiger partial charge on any atom is 0.263 e. The summed E-state index contributed by atoms with van der Waals surface area (Å²) in [6, 6.07) is 10.3. The number of aromatic nitrogens is 2. The van der Waals surface area contributed by atoms with Crippen LogP contribution in [0.4, 0.5) is 5.95 Å². The zero-order valence-electron chi connectivity index (χ0n) is 14.1. The predicted octanol–water partition coefficient (Wildman–Crippen LogP) is 3.51. The number of thiophene rings is 1. The van der Waals surface area contributed by atoms with Crippen LogP contribution in [0.3, 0.4) is 0 Å². The predicted molar refractivity (Wildman–Crippen MR) is 100 cm³/mol. The minimum Gasteiger partial charge on any atom is -0.341 e. The molecule has 4 nitrogen and oxygen atoms in total. The Morgan fingerprint density at radius 2 is 1.96 bits per heavy atom. The first-order valence-corrected chi connectivity index (χ1v) is 9.23. The molecule has 0 atom stereocenters. The number of rotatable bonds is 3. The fourth-order valence-electron chi connectivity index (χ4n) is 3.54. The molecule has 0 unspecified atom stereocenters. The Hall–Kier alpha value is -2.14. The van der Waals surface area contributed by atoms with Gasteiger partial charge in [-0.05, 0) is 36.8 Å². The molecule has 124 valence electrons. The van der Waals surface area contributed by atoms with E-state index in [1.807, 2.05) is 32.3 Å². The van der Waals surface area contributed by atoms with E-state index in [1.165, 1.54) is 28.8 Å². The van der Waals surface area contributed by atoms with E-state index in [2.05, 4.69) is 17.0 Å². The lowest BCUT2D eigenvalue weighted by Gasteiger charge is -2.20. The van der Waals surface area contributed by atoms with Gasteiger partial charge >= 0.3 is 0 Å². The standard InChI is InChI=1S/C19H21N3OS/c1-21(12-13-8-4-3-5-9-13)19-20-17-16(18(23)22(19)2)14-10-6-7-11-15(14)24-17/h3-5,8-9H,6-7,10-12H2,1-2H3. The molecule has 0 fully saturated rings. The van der Waals surface area contributed by atoms with E-state index in [0.29, 0.717) is 0 Å². The van der Waals surface area contributed by atoms with Gasteiger partial charge in [0.05, 0.1) is 5.39 Å². The number of hydrogen-bond acceptors (Lipinski definition) is 4. The van der Waals surface area contributed by atoms with Crippen molar-refractivity contribution >= 4 is 27.5 Å². The van der Waals surface area contributed by atoms with Gasteiger partial charge in [-0.3, -0.25) is 9.36 Å². The highest BCUT2D eigenvalue weighted by Crippen LogP contribution is 2.34. The minimum atomic E-state index is 0.0920. The highest BCUT2D eigenvalue weighted by Gasteiger charge is 2.22. The fourth-order valence-corrected chi connectivity index (χ4v) is 4.79. The summed E-state index contributed by atoms with van der Waals surface area (Å²) in [5.74, 6) is 0.731. The molecule has 0 radical (unpaired) electrons.